The molecule has 0 fully saturated rings. The van der Waals surface area contributed by atoms with Gasteiger partial charge in [-0.05, 0) is 76.6 Å². The van der Waals surface area contributed by atoms with Crippen molar-refractivity contribution in [3.8, 4) is 0 Å². The summed E-state index contributed by atoms with van der Waals surface area (Å²) in [5.41, 5.74) is 11.6. The van der Waals surface area contributed by atoms with Crippen LogP contribution in [0.15, 0.2) is 29.2 Å². The Morgan fingerprint density at radius 2 is 1.29 bits per heavy atom. The predicted octanol–water partition coefficient (Wildman–Crippen LogP) is 6.66. The second-order valence-electron chi connectivity index (χ2n) is 10.4. The third-order valence-electron chi connectivity index (χ3n) is 6.41. The molecule has 1 aromatic rings. The maximum Gasteiger partial charge on any atom is 0.305 e. The Bertz CT molecular complexity index is 862. The molecular formula is C31H58N2O7S. The van der Waals surface area contributed by atoms with Crippen molar-refractivity contribution >= 4 is 22.1 Å². The van der Waals surface area contributed by atoms with Gasteiger partial charge >= 0.3 is 11.9 Å². The third kappa shape index (κ3) is 29.3. The Morgan fingerprint density at radius 3 is 1.78 bits per heavy atom. The highest BCUT2D eigenvalue weighted by Gasteiger charge is 2.12. The molecule has 0 saturated carbocycles. The molecule has 1 rings (SSSR count). The van der Waals surface area contributed by atoms with Crippen LogP contribution in [0.4, 0.5) is 0 Å². The normalized spacial score (nSPS) is 11.5. The summed E-state index contributed by atoms with van der Waals surface area (Å²) < 4.78 is 35.0. The van der Waals surface area contributed by atoms with Gasteiger partial charge in [-0.1, -0.05) is 82.9 Å². The van der Waals surface area contributed by atoms with Crippen LogP contribution in [0.3, 0.4) is 0 Å². The van der Waals surface area contributed by atoms with Crippen molar-refractivity contribution in [2.45, 2.75) is 128 Å². The van der Waals surface area contributed by atoms with Crippen molar-refractivity contribution in [3.05, 3.63) is 29.8 Å². The zero-order valence-corrected chi connectivity index (χ0v) is 26.6. The molecule has 6 N–H and O–H groups in total. The molecule has 0 aliphatic rings. The molecule has 0 radical (unpaired) electrons. The van der Waals surface area contributed by atoms with E-state index in [0.29, 0.717) is 32.0 Å². The molecule has 1 atom stereocenters. The summed E-state index contributed by atoms with van der Waals surface area (Å²) in [7, 11) is -4.02. The highest BCUT2D eigenvalue weighted by molar-refractivity contribution is 7.85. The van der Waals surface area contributed by atoms with E-state index in [-0.39, 0.29) is 17.3 Å². The van der Waals surface area contributed by atoms with Gasteiger partial charge in [-0.15, -0.1) is 0 Å². The number of carbonyl (C=O) groups excluding carboxylic acids is 1. The predicted molar refractivity (Wildman–Crippen MR) is 166 cm³/mol. The van der Waals surface area contributed by atoms with E-state index in [4.69, 9.17) is 25.9 Å². The highest BCUT2D eigenvalue weighted by Crippen LogP contribution is 2.18. The van der Waals surface area contributed by atoms with Crippen molar-refractivity contribution in [2.75, 3.05) is 19.7 Å². The first-order valence-corrected chi connectivity index (χ1v) is 16.8. The van der Waals surface area contributed by atoms with E-state index in [0.717, 1.165) is 44.1 Å². The fourth-order valence-electron chi connectivity index (χ4n) is 3.84. The first-order chi connectivity index (χ1) is 19.5. The molecule has 0 spiro atoms. The largest absolute Gasteiger partial charge is 0.481 e. The van der Waals surface area contributed by atoms with Crippen LogP contribution in [-0.2, 0) is 24.4 Å². The van der Waals surface area contributed by atoms with Crippen molar-refractivity contribution in [1.82, 2.24) is 0 Å². The van der Waals surface area contributed by atoms with Gasteiger partial charge in [0.1, 0.15) is 0 Å². The van der Waals surface area contributed by atoms with E-state index in [1.54, 1.807) is 12.1 Å². The Labute approximate surface area is 249 Å². The standard InChI is InChI=1S/C18H37NO2.C7H8O3S.C6H13NO2/c1-3-5-7-9-13-17(12-6-4-2)16-21-18(20)14-10-8-11-15-19;1-6-2-4-7(5-3-6)11(8,9)10;7-5-3-1-2-4-6(8)9/h17H,3-16,19H2,1-2H3;2-5H,1H3,(H,8,9,10);1-5,7H2,(H,8,9). The first-order valence-electron chi connectivity index (χ1n) is 15.3. The zero-order valence-electron chi connectivity index (χ0n) is 25.8. The number of aliphatic carboxylic acids is 1. The molecule has 1 aromatic carbocycles. The minimum atomic E-state index is -4.02. The van der Waals surface area contributed by atoms with E-state index in [1.165, 1.54) is 63.5 Å². The maximum atomic E-state index is 11.7. The summed E-state index contributed by atoms with van der Waals surface area (Å²) in [4.78, 5) is 21.6. The number of hydrogen-bond acceptors (Lipinski definition) is 7. The second-order valence-corrected chi connectivity index (χ2v) is 11.8. The molecule has 9 nitrogen and oxygen atoms in total. The van der Waals surface area contributed by atoms with Crippen LogP contribution in [0.5, 0.6) is 0 Å². The molecule has 0 bridgehead atoms. The molecule has 0 amide bonds. The van der Waals surface area contributed by atoms with Gasteiger partial charge in [0.25, 0.3) is 10.1 Å². The summed E-state index contributed by atoms with van der Waals surface area (Å²) in [6.45, 7) is 8.31. The zero-order chi connectivity index (χ0) is 31.4. The minimum absolute atomic E-state index is 0.0259. The smallest absolute Gasteiger partial charge is 0.305 e. The Hall–Kier alpha value is -2.01. The summed E-state index contributed by atoms with van der Waals surface area (Å²) in [6, 6.07) is 5.99. The Kier molecular flexibility index (Phi) is 28.2. The number of ether oxygens (including phenoxy) is 1. The van der Waals surface area contributed by atoms with Crippen LogP contribution >= 0.6 is 0 Å². The number of carboxylic acids is 1. The van der Waals surface area contributed by atoms with Gasteiger partial charge in [0.2, 0.25) is 0 Å². The lowest BCUT2D eigenvalue weighted by Gasteiger charge is -2.16. The van der Waals surface area contributed by atoms with Crippen molar-refractivity contribution in [2.24, 2.45) is 17.4 Å². The minimum Gasteiger partial charge on any atom is -0.481 e. The van der Waals surface area contributed by atoms with E-state index in [2.05, 4.69) is 13.8 Å². The molecule has 0 aliphatic heterocycles. The number of nitrogens with two attached hydrogens (primary N) is 2. The van der Waals surface area contributed by atoms with Gasteiger partial charge in [0.15, 0.2) is 0 Å². The summed E-state index contributed by atoms with van der Waals surface area (Å²) >= 11 is 0. The number of hydrogen-bond donors (Lipinski definition) is 4. The molecule has 41 heavy (non-hydrogen) atoms. The van der Waals surface area contributed by atoms with Crippen LogP contribution in [0, 0.1) is 12.8 Å². The van der Waals surface area contributed by atoms with Gasteiger partial charge in [0, 0.05) is 12.8 Å². The van der Waals surface area contributed by atoms with E-state index in [1.807, 2.05) is 6.92 Å². The first kappa shape index (κ1) is 41.1. The molecular weight excluding hydrogens is 544 g/mol. The maximum absolute atomic E-state index is 11.7. The average Bonchev–Trinajstić information content (AvgIpc) is 2.93. The van der Waals surface area contributed by atoms with Gasteiger partial charge in [-0.3, -0.25) is 14.1 Å². The van der Waals surface area contributed by atoms with Crippen LogP contribution in [0.1, 0.15) is 122 Å². The summed E-state index contributed by atoms with van der Waals surface area (Å²) in [5.74, 6) is -0.177. The molecule has 0 aromatic heterocycles. The lowest BCUT2D eigenvalue weighted by Crippen LogP contribution is -2.14. The molecule has 1 unspecified atom stereocenters. The van der Waals surface area contributed by atoms with E-state index in [9.17, 15) is 18.0 Å². The third-order valence-corrected chi connectivity index (χ3v) is 7.28. The van der Waals surface area contributed by atoms with Gasteiger partial charge in [0.05, 0.1) is 11.5 Å². The SMILES string of the molecule is CCCCCCC(CCCC)COC(=O)CCCCCN.Cc1ccc(S(=O)(=O)O)cc1.NCCCCCC(=O)O. The van der Waals surface area contributed by atoms with Crippen molar-refractivity contribution < 1.29 is 32.4 Å². The number of esters is 1. The molecule has 0 aliphatic carbocycles. The molecule has 0 saturated heterocycles. The van der Waals surface area contributed by atoms with Crippen molar-refractivity contribution in [3.63, 3.8) is 0 Å². The fourth-order valence-corrected chi connectivity index (χ4v) is 4.32. The second kappa shape index (κ2) is 28.1. The van der Waals surface area contributed by atoms with Crippen molar-refractivity contribution in [1.29, 1.82) is 0 Å². The monoisotopic (exact) mass is 602 g/mol. The summed E-state index contributed by atoms with van der Waals surface area (Å²) in [5, 5.41) is 8.18. The van der Waals surface area contributed by atoms with Gasteiger partial charge in [-0.25, -0.2) is 0 Å². The topological polar surface area (TPSA) is 170 Å². The summed E-state index contributed by atoms with van der Waals surface area (Å²) in [6.07, 6.45) is 16.5. The molecule has 240 valence electrons. The number of benzene rings is 1. The quantitative estimate of drug-likeness (QED) is 0.0682. The average molecular weight is 603 g/mol. The van der Waals surface area contributed by atoms with E-state index >= 15 is 0 Å². The fraction of sp³-hybridized carbons (Fsp3) is 0.742. The van der Waals surface area contributed by atoms with Gasteiger partial charge < -0.3 is 21.3 Å². The van der Waals surface area contributed by atoms with Crippen LogP contribution in [-0.4, -0.2) is 49.7 Å². The Morgan fingerprint density at radius 1 is 0.780 bits per heavy atom. The number of aryl methyl sites for hydroxylation is 1. The lowest BCUT2D eigenvalue weighted by molar-refractivity contribution is -0.145. The van der Waals surface area contributed by atoms with Crippen LogP contribution < -0.4 is 11.5 Å². The number of carboxylic acid groups (broad SMARTS) is 1. The Balaban J connectivity index is 0. The number of unbranched alkanes of at least 4 members (excludes halogenated alkanes) is 8. The van der Waals surface area contributed by atoms with Crippen LogP contribution in [0.25, 0.3) is 0 Å². The lowest BCUT2D eigenvalue weighted by atomic mass is 9.96. The molecule has 0 heterocycles. The number of carbonyl (C=O) groups is 2. The number of rotatable bonds is 21. The van der Waals surface area contributed by atoms with Gasteiger partial charge in [-0.2, -0.15) is 8.42 Å². The van der Waals surface area contributed by atoms with Crippen LogP contribution in [0.2, 0.25) is 0 Å². The molecule has 10 heteroatoms. The van der Waals surface area contributed by atoms with E-state index < -0.39 is 16.1 Å². The highest BCUT2D eigenvalue weighted by atomic mass is 32.2.